The molecule has 14 heteroatoms. The lowest BCUT2D eigenvalue weighted by atomic mass is 9.91. The smallest absolute Gasteiger partial charge is 0.306 e. The minimum Gasteiger partial charge on any atom is -0.481 e. The molecule has 61 heavy (non-hydrogen) atoms. The Kier molecular flexibility index (Phi) is 18.7. The van der Waals surface area contributed by atoms with Crippen LogP contribution in [0.15, 0.2) is 71.3 Å². The molecule has 4 N–H and O–H groups in total. The number of piperidine rings is 1. The van der Waals surface area contributed by atoms with Crippen molar-refractivity contribution in [3.8, 4) is 0 Å². The molecule has 0 bridgehead atoms. The molecule has 0 saturated carbocycles. The van der Waals surface area contributed by atoms with E-state index < -0.39 is 52.9 Å². The number of esters is 1. The van der Waals surface area contributed by atoms with Crippen LogP contribution in [0.2, 0.25) is 0 Å². The van der Waals surface area contributed by atoms with Crippen molar-refractivity contribution in [1.82, 2.24) is 25.8 Å². The van der Waals surface area contributed by atoms with Crippen molar-refractivity contribution in [1.29, 1.82) is 0 Å². The fourth-order valence-electron chi connectivity index (χ4n) is 8.20. The molecule has 7 atom stereocenters. The van der Waals surface area contributed by atoms with E-state index in [-0.39, 0.29) is 42.5 Å². The number of likely N-dealkylation sites (tertiary alicyclic amines) is 1. The second-order valence-electron chi connectivity index (χ2n) is 17.6. The molecule has 0 spiro atoms. The maximum atomic E-state index is 14.5. The summed E-state index contributed by atoms with van der Waals surface area (Å²) < 4.78 is 12.2. The Morgan fingerprint density at radius 3 is 2.15 bits per heavy atom. The molecule has 3 amide bonds. The van der Waals surface area contributed by atoms with E-state index in [1.165, 1.54) is 18.7 Å². The molecule has 336 valence electrons. The molecule has 0 radical (unpaired) electrons. The summed E-state index contributed by atoms with van der Waals surface area (Å²) in [6, 6.07) is 17.4. The molecule has 4 rings (SSSR count). The highest BCUT2D eigenvalue weighted by atomic mass is 32.2. The number of rotatable bonds is 22. The molecule has 2 heterocycles. The van der Waals surface area contributed by atoms with Gasteiger partial charge in [0.1, 0.15) is 22.7 Å². The summed E-state index contributed by atoms with van der Waals surface area (Å²) in [4.78, 5) is 70.6. The number of ether oxygens (including phenoxy) is 2. The zero-order valence-corrected chi connectivity index (χ0v) is 38.4. The number of carbonyl (C=O) groups excluding carboxylic acids is 4. The summed E-state index contributed by atoms with van der Waals surface area (Å²) in [5, 5.41) is 19.5. The number of carbonyl (C=O) groups is 5. The van der Waals surface area contributed by atoms with E-state index in [1.54, 1.807) is 18.9 Å². The summed E-state index contributed by atoms with van der Waals surface area (Å²) in [5.41, 5.74) is 2.28. The first-order valence-corrected chi connectivity index (χ1v) is 22.6. The van der Waals surface area contributed by atoms with E-state index in [4.69, 9.17) is 9.47 Å². The molecule has 1 saturated heterocycles. The Morgan fingerprint density at radius 1 is 0.934 bits per heavy atom. The minimum absolute atomic E-state index is 0.0773. The number of nitrogens with one attached hydrogen (secondary N) is 3. The van der Waals surface area contributed by atoms with Crippen LogP contribution in [0.4, 0.5) is 0 Å². The number of aliphatic carboxylic acids is 1. The summed E-state index contributed by atoms with van der Waals surface area (Å²) in [6.45, 7) is 14.2. The second kappa shape index (κ2) is 23.2. The van der Waals surface area contributed by atoms with Gasteiger partial charge in [-0.15, -0.1) is 0 Å². The van der Waals surface area contributed by atoms with Crippen LogP contribution in [0.5, 0.6) is 0 Å². The van der Waals surface area contributed by atoms with Gasteiger partial charge in [0.05, 0.1) is 25.2 Å². The molecule has 13 nitrogen and oxygen atoms in total. The Morgan fingerprint density at radius 2 is 1.57 bits per heavy atom. The zero-order valence-electron chi connectivity index (χ0n) is 37.6. The first kappa shape index (κ1) is 49.3. The van der Waals surface area contributed by atoms with Crippen LogP contribution in [-0.2, 0) is 46.5 Å². The summed E-state index contributed by atoms with van der Waals surface area (Å²) in [6.07, 6.45) is 3.17. The lowest BCUT2D eigenvalue weighted by Crippen LogP contribution is -2.58. The number of carboxylic acid groups (broad SMARTS) is 1. The minimum atomic E-state index is -1.05. The normalized spacial score (nSPS) is 20.6. The monoisotopic (exact) mass is 863 g/mol. The predicted molar refractivity (Wildman–Crippen MR) is 239 cm³/mol. The molecular formula is C47H69N5O8S. The SMILES string of the molecule is CC(=O)O[C@H](C[C@H](C(C)C)N(C)C(=O)[C@@H](NC(=O)[C@H]1CCCCN1C)C(C)C)C1(C)NC(C(=O)N[C@@H](Cc2ccccc2)C[C@H](C)C(=O)O)=C(CCOCc2ccccc2)S1. The zero-order chi connectivity index (χ0) is 44.9. The maximum absolute atomic E-state index is 14.5. The number of hydrogen-bond donors (Lipinski definition) is 4. The van der Waals surface area contributed by atoms with Crippen LogP contribution in [0.25, 0.3) is 0 Å². The van der Waals surface area contributed by atoms with Crippen LogP contribution in [0.1, 0.15) is 98.1 Å². The van der Waals surface area contributed by atoms with Gasteiger partial charge in [-0.1, -0.05) is 113 Å². The molecule has 2 aliphatic heterocycles. The van der Waals surface area contributed by atoms with Gasteiger partial charge in [-0.05, 0) is 69.2 Å². The standard InChI is InChI=1S/C47H69N5O8S/c1-30(2)38(52(9)45(56)41(31(3)4)49-43(54)37-22-16-17-24-51(37)8)28-40(60-33(6)53)47(7)50-42(39(61-47)23-25-59-29-35-20-14-11-15-21-35)44(55)48-36(26-32(5)46(57)58)27-34-18-12-10-13-19-34/h10-15,18-21,30-32,36-38,40-41,50H,16-17,22-29H2,1-9H3,(H,48,55)(H,49,54)(H,57,58)/t32-,36+,37+,38+,40+,41-,47?/m0/s1. The fourth-order valence-corrected chi connectivity index (χ4v) is 9.57. The number of amides is 3. The molecule has 2 aromatic rings. The van der Waals surface area contributed by atoms with Gasteiger partial charge in [0.15, 0.2) is 0 Å². The topological polar surface area (TPSA) is 167 Å². The van der Waals surface area contributed by atoms with Crippen LogP contribution in [0, 0.1) is 17.8 Å². The van der Waals surface area contributed by atoms with Crippen molar-refractivity contribution < 1.29 is 38.6 Å². The number of nitrogens with zero attached hydrogens (tertiary/aromatic N) is 2. The summed E-state index contributed by atoms with van der Waals surface area (Å²) >= 11 is 1.40. The highest BCUT2D eigenvalue weighted by Gasteiger charge is 2.48. The van der Waals surface area contributed by atoms with E-state index in [1.807, 2.05) is 107 Å². The molecule has 2 aromatic carbocycles. The fraction of sp³-hybridized carbons (Fsp3) is 0.596. The third-order valence-corrected chi connectivity index (χ3v) is 13.3. The van der Waals surface area contributed by atoms with E-state index in [0.717, 1.165) is 36.9 Å². The second-order valence-corrected chi connectivity index (χ2v) is 19.1. The molecule has 0 aromatic heterocycles. The van der Waals surface area contributed by atoms with Crippen molar-refractivity contribution in [2.45, 2.75) is 135 Å². The Balaban J connectivity index is 1.61. The highest BCUT2D eigenvalue weighted by Crippen LogP contribution is 2.45. The van der Waals surface area contributed by atoms with E-state index in [0.29, 0.717) is 36.7 Å². The molecule has 1 fully saturated rings. The van der Waals surface area contributed by atoms with Crippen LogP contribution < -0.4 is 16.0 Å². The first-order valence-electron chi connectivity index (χ1n) is 21.7. The van der Waals surface area contributed by atoms with Gasteiger partial charge in [-0.3, -0.25) is 28.9 Å². The van der Waals surface area contributed by atoms with Crippen molar-refractivity contribution in [3.63, 3.8) is 0 Å². The highest BCUT2D eigenvalue weighted by molar-refractivity contribution is 8.04. The Hall–Kier alpha value is -4.40. The number of benzene rings is 2. The molecule has 0 aliphatic carbocycles. The van der Waals surface area contributed by atoms with E-state index in [2.05, 4.69) is 16.0 Å². The van der Waals surface area contributed by atoms with E-state index >= 15 is 0 Å². The predicted octanol–water partition coefficient (Wildman–Crippen LogP) is 6.13. The van der Waals surface area contributed by atoms with Gasteiger partial charge in [-0.25, -0.2) is 0 Å². The largest absolute Gasteiger partial charge is 0.481 e. The number of likely N-dealkylation sites (N-methyl/N-ethyl adjacent to an activating group) is 2. The maximum Gasteiger partial charge on any atom is 0.306 e. The number of thioether (sulfide) groups is 1. The van der Waals surface area contributed by atoms with Gasteiger partial charge < -0.3 is 35.4 Å². The van der Waals surface area contributed by atoms with Gasteiger partial charge in [-0.2, -0.15) is 0 Å². The van der Waals surface area contributed by atoms with Crippen LogP contribution in [0.3, 0.4) is 0 Å². The lowest BCUT2D eigenvalue weighted by Gasteiger charge is -2.41. The van der Waals surface area contributed by atoms with Crippen molar-refractivity contribution in [3.05, 3.63) is 82.4 Å². The van der Waals surface area contributed by atoms with Crippen LogP contribution in [-0.4, -0.2) is 107 Å². The van der Waals surface area contributed by atoms with Crippen molar-refractivity contribution in [2.24, 2.45) is 17.8 Å². The van der Waals surface area contributed by atoms with Crippen molar-refractivity contribution >= 4 is 41.4 Å². The Labute approximate surface area is 367 Å². The molecular weight excluding hydrogens is 795 g/mol. The number of hydrogen-bond acceptors (Lipinski definition) is 10. The first-order chi connectivity index (χ1) is 28.9. The molecule has 2 aliphatic rings. The Bertz CT molecular complexity index is 1810. The quantitative estimate of drug-likeness (QED) is 0.0796. The molecule has 1 unspecified atom stereocenters. The third-order valence-electron chi connectivity index (χ3n) is 11.8. The van der Waals surface area contributed by atoms with Gasteiger partial charge >= 0.3 is 11.9 Å². The summed E-state index contributed by atoms with van der Waals surface area (Å²) in [7, 11) is 3.68. The van der Waals surface area contributed by atoms with Crippen molar-refractivity contribution in [2.75, 3.05) is 27.2 Å². The average Bonchev–Trinajstić information content (AvgIpc) is 3.57. The third kappa shape index (κ3) is 14.3. The average molecular weight is 864 g/mol. The van der Waals surface area contributed by atoms with Gasteiger partial charge in [0, 0.05) is 43.8 Å². The van der Waals surface area contributed by atoms with Gasteiger partial charge in [0.25, 0.3) is 5.91 Å². The van der Waals surface area contributed by atoms with Gasteiger partial charge in [0.2, 0.25) is 11.8 Å². The van der Waals surface area contributed by atoms with Crippen LogP contribution >= 0.6 is 11.8 Å². The van der Waals surface area contributed by atoms with E-state index in [9.17, 15) is 29.1 Å². The summed E-state index contributed by atoms with van der Waals surface area (Å²) in [5.74, 6) is -3.21. The number of carboxylic acids is 1. The lowest BCUT2D eigenvalue weighted by molar-refractivity contribution is -0.150.